The molecule has 44 heavy (non-hydrogen) atoms. The molecule has 0 spiro atoms. The van der Waals surface area contributed by atoms with Gasteiger partial charge in [-0.05, 0) is 60.7 Å². The highest BCUT2D eigenvalue weighted by Gasteiger charge is 2.26. The summed E-state index contributed by atoms with van der Waals surface area (Å²) < 4.78 is 69.8. The van der Waals surface area contributed by atoms with Crippen LogP contribution in [0.15, 0.2) is 54.9 Å². The number of nitrogens with zero attached hydrogens (tertiary/aromatic N) is 1. The summed E-state index contributed by atoms with van der Waals surface area (Å²) in [6.07, 6.45) is 3.65. The molecule has 1 N–H and O–H groups in total. The summed E-state index contributed by atoms with van der Waals surface area (Å²) in [5.74, 6) is -1.46. The lowest BCUT2D eigenvalue weighted by atomic mass is 10.0. The van der Waals surface area contributed by atoms with E-state index in [4.69, 9.17) is 36.9 Å². The number of halogens is 4. The van der Waals surface area contributed by atoms with Crippen LogP contribution in [0.25, 0.3) is 0 Å². The average Bonchev–Trinajstić information content (AvgIpc) is 3.76. The van der Waals surface area contributed by atoms with E-state index in [1.54, 1.807) is 0 Å². The number of carbonyl (C=O) groups is 2. The van der Waals surface area contributed by atoms with Crippen molar-refractivity contribution in [3.8, 4) is 17.2 Å². The van der Waals surface area contributed by atoms with E-state index in [-0.39, 0.29) is 51.4 Å². The first-order valence-corrected chi connectivity index (χ1v) is 15.6. The summed E-state index contributed by atoms with van der Waals surface area (Å²) in [7, 11) is -3.75. The maximum Gasteiger partial charge on any atom is 0.387 e. The molecular weight excluding hydrogens is 649 g/mol. The fraction of sp³-hybridized carbons (Fsp3) is 0.321. The van der Waals surface area contributed by atoms with E-state index in [0.29, 0.717) is 16.2 Å². The molecule has 16 heteroatoms. The summed E-state index contributed by atoms with van der Waals surface area (Å²) in [6.45, 7) is -3.41. The number of alkyl halides is 2. The number of hydrogen-bond donors (Lipinski definition) is 1. The Bertz CT molecular complexity index is 1600. The molecular formula is C28H26Cl2F2N2O9S. The summed E-state index contributed by atoms with van der Waals surface area (Å²) in [5, 5.41) is 14.1. The minimum atomic E-state index is -3.75. The van der Waals surface area contributed by atoms with E-state index in [2.05, 4.69) is 10.1 Å². The second-order valence-corrected chi connectivity index (χ2v) is 12.2. The Morgan fingerprint density at radius 3 is 2.32 bits per heavy atom. The van der Waals surface area contributed by atoms with Crippen molar-refractivity contribution in [2.75, 3.05) is 19.4 Å². The van der Waals surface area contributed by atoms with E-state index < -0.39 is 41.3 Å². The molecule has 1 saturated carbocycles. The van der Waals surface area contributed by atoms with Crippen molar-refractivity contribution < 1.29 is 49.9 Å². The lowest BCUT2D eigenvalue weighted by Gasteiger charge is -2.21. The van der Waals surface area contributed by atoms with Gasteiger partial charge in [-0.3, -0.25) is 9.59 Å². The van der Waals surface area contributed by atoms with Crippen LogP contribution in [0.2, 0.25) is 10.0 Å². The van der Waals surface area contributed by atoms with Crippen LogP contribution < -0.4 is 23.7 Å². The topological polar surface area (TPSA) is 144 Å². The quantitative estimate of drug-likeness (QED) is 0.112. The number of ether oxygens (including phenoxy) is 3. The second kappa shape index (κ2) is 14.3. The molecule has 236 valence electrons. The van der Waals surface area contributed by atoms with Gasteiger partial charge in [0.25, 0.3) is 5.91 Å². The van der Waals surface area contributed by atoms with Crippen LogP contribution >= 0.6 is 23.2 Å². The number of pyridine rings is 1. The van der Waals surface area contributed by atoms with Crippen LogP contribution in [0.3, 0.4) is 0 Å². The molecule has 11 nitrogen and oxygen atoms in total. The molecule has 4 rings (SSSR count). The third kappa shape index (κ3) is 9.82. The number of esters is 1. The van der Waals surface area contributed by atoms with Crippen molar-refractivity contribution in [1.82, 2.24) is 5.32 Å². The number of carbonyl (C=O) groups excluding carboxylic acids is 2. The van der Waals surface area contributed by atoms with Gasteiger partial charge < -0.3 is 28.9 Å². The zero-order chi connectivity index (χ0) is 32.0. The van der Waals surface area contributed by atoms with Gasteiger partial charge in [0.2, 0.25) is 0 Å². The Hall–Kier alpha value is -3.88. The Kier molecular flexibility index (Phi) is 10.7. The van der Waals surface area contributed by atoms with Gasteiger partial charge in [-0.2, -0.15) is 21.9 Å². The summed E-state index contributed by atoms with van der Waals surface area (Å²) in [4.78, 5) is 25.5. The fourth-order valence-electron chi connectivity index (χ4n) is 3.95. The molecule has 1 unspecified atom stereocenters. The van der Waals surface area contributed by atoms with Gasteiger partial charge >= 0.3 is 22.7 Å². The number of nitrogens with one attached hydrogen (secondary N) is 1. The number of amides is 1. The molecule has 3 aromatic rings. The molecule has 1 aromatic heterocycles. The number of benzene rings is 2. The first-order valence-electron chi connectivity index (χ1n) is 13.0. The molecule has 1 fully saturated rings. The van der Waals surface area contributed by atoms with Crippen molar-refractivity contribution in [3.63, 3.8) is 0 Å². The van der Waals surface area contributed by atoms with E-state index in [1.807, 2.05) is 0 Å². The highest BCUT2D eigenvalue weighted by molar-refractivity contribution is 7.86. The summed E-state index contributed by atoms with van der Waals surface area (Å²) in [5.41, 5.74) is 0.688. The minimum absolute atomic E-state index is 0.00233. The van der Waals surface area contributed by atoms with Gasteiger partial charge in [-0.25, -0.2) is 0 Å². The Labute approximate surface area is 261 Å². The Balaban J connectivity index is 1.53. The predicted molar refractivity (Wildman–Crippen MR) is 153 cm³/mol. The molecule has 1 aliphatic rings. The monoisotopic (exact) mass is 674 g/mol. The van der Waals surface area contributed by atoms with Crippen molar-refractivity contribution in [2.45, 2.75) is 32.0 Å². The fourth-order valence-corrected chi connectivity index (χ4v) is 5.01. The van der Waals surface area contributed by atoms with Gasteiger partial charge in [-0.1, -0.05) is 29.3 Å². The Morgan fingerprint density at radius 2 is 1.73 bits per heavy atom. The first-order chi connectivity index (χ1) is 20.8. The van der Waals surface area contributed by atoms with E-state index in [0.717, 1.165) is 31.5 Å². The SMILES string of the molecule is CS(=O)(=O)Oc1ccc(C(=O)NCC(=O)OC(Cc2c(Cl)c[n+]([O-])cc2Cl)c2ccc(OC(F)F)c(OCC3CC3)c2)cc1. The summed E-state index contributed by atoms with van der Waals surface area (Å²) >= 11 is 12.5. The predicted octanol–water partition coefficient (Wildman–Crippen LogP) is 4.61. The van der Waals surface area contributed by atoms with Gasteiger partial charge in [0.15, 0.2) is 23.9 Å². The number of hydrogen-bond acceptors (Lipinski definition) is 9. The smallest absolute Gasteiger partial charge is 0.387 e. The zero-order valence-corrected chi connectivity index (χ0v) is 25.3. The number of aromatic nitrogens is 1. The van der Waals surface area contributed by atoms with Gasteiger partial charge in [0.1, 0.15) is 28.4 Å². The molecule has 0 bridgehead atoms. The average molecular weight is 675 g/mol. The highest BCUT2D eigenvalue weighted by Crippen LogP contribution is 2.37. The van der Waals surface area contributed by atoms with Crippen LogP contribution in [-0.4, -0.2) is 46.3 Å². The second-order valence-electron chi connectivity index (χ2n) is 9.81. The first kappa shape index (κ1) is 33.0. The molecule has 2 aromatic carbocycles. The number of rotatable bonds is 14. The van der Waals surface area contributed by atoms with Gasteiger partial charge in [0, 0.05) is 17.5 Å². The van der Waals surface area contributed by atoms with Crippen LogP contribution in [0, 0.1) is 11.1 Å². The van der Waals surface area contributed by atoms with Gasteiger partial charge in [-0.15, -0.1) is 0 Å². The van der Waals surface area contributed by atoms with Crippen LogP contribution in [0.4, 0.5) is 8.78 Å². The van der Waals surface area contributed by atoms with Crippen LogP contribution in [-0.2, 0) is 26.1 Å². The van der Waals surface area contributed by atoms with Crippen molar-refractivity contribution in [3.05, 3.63) is 86.8 Å². The molecule has 1 atom stereocenters. The third-order valence-corrected chi connectivity index (χ3v) is 7.35. The lowest BCUT2D eigenvalue weighted by Crippen LogP contribution is -2.31. The van der Waals surface area contributed by atoms with E-state index in [1.165, 1.54) is 42.5 Å². The van der Waals surface area contributed by atoms with Crippen molar-refractivity contribution in [1.29, 1.82) is 0 Å². The molecule has 1 heterocycles. The lowest BCUT2D eigenvalue weighted by molar-refractivity contribution is -0.605. The maximum absolute atomic E-state index is 13.0. The minimum Gasteiger partial charge on any atom is -0.619 e. The van der Waals surface area contributed by atoms with E-state index >= 15 is 0 Å². The standard InChI is InChI=1S/C28H26Cl2F2N2O9S/c1-44(38,39)43-19-7-4-17(5-8-19)27(36)33-12-26(35)41-24(11-20-21(29)13-34(37)14-22(20)30)18-6-9-23(42-28(31)32)25(10-18)40-15-16-2-3-16/h4-10,13-14,16,24,28H,2-3,11-12,15H2,1H3,(H,33,36). The summed E-state index contributed by atoms with van der Waals surface area (Å²) in [6, 6.07) is 9.20. The normalized spacial score (nSPS) is 13.7. The third-order valence-electron chi connectivity index (χ3n) is 6.21. The van der Waals surface area contributed by atoms with E-state index in [9.17, 15) is 32.0 Å². The van der Waals surface area contributed by atoms with Gasteiger partial charge in [0.05, 0.1) is 12.9 Å². The molecule has 1 amide bonds. The van der Waals surface area contributed by atoms with Crippen LogP contribution in [0.5, 0.6) is 17.2 Å². The molecule has 0 aliphatic heterocycles. The molecule has 1 aliphatic carbocycles. The molecule has 0 saturated heterocycles. The zero-order valence-electron chi connectivity index (χ0n) is 23.0. The highest BCUT2D eigenvalue weighted by atomic mass is 35.5. The van der Waals surface area contributed by atoms with Crippen molar-refractivity contribution >= 4 is 45.2 Å². The van der Waals surface area contributed by atoms with Crippen molar-refractivity contribution in [2.24, 2.45) is 5.92 Å². The Morgan fingerprint density at radius 1 is 1.07 bits per heavy atom. The molecule has 0 radical (unpaired) electrons. The van der Waals surface area contributed by atoms with Crippen LogP contribution in [0.1, 0.15) is 40.4 Å². The largest absolute Gasteiger partial charge is 0.619 e. The maximum atomic E-state index is 13.0.